The Balaban J connectivity index is 1.34. The van der Waals surface area contributed by atoms with Crippen LogP contribution in [-0.2, 0) is 13.0 Å². The topological polar surface area (TPSA) is 40.9 Å². The van der Waals surface area contributed by atoms with Crippen LogP contribution in [0, 0.1) is 6.92 Å². The third kappa shape index (κ3) is 2.82. The number of likely N-dealkylation sites (tertiary alicyclic amines) is 1. The average Bonchev–Trinajstić information content (AvgIpc) is 3.31. The maximum Gasteiger partial charge on any atom is 0.272 e. The number of aromatic nitrogens is 2. The Morgan fingerprint density at radius 3 is 2.78 bits per heavy atom. The van der Waals surface area contributed by atoms with Gasteiger partial charge in [0, 0.05) is 38.4 Å². The lowest BCUT2D eigenvalue weighted by molar-refractivity contribution is 0.0765. The number of rotatable bonds is 2. The van der Waals surface area contributed by atoms with Crippen LogP contribution in [0.3, 0.4) is 0 Å². The van der Waals surface area contributed by atoms with Gasteiger partial charge in [0.25, 0.3) is 5.91 Å². The molecule has 5 rings (SSSR count). The molecule has 0 N–H and O–H groups in total. The monoisotopic (exact) mass is 360 g/mol. The summed E-state index contributed by atoms with van der Waals surface area (Å²) in [5.74, 6) is 0.103. The Kier molecular flexibility index (Phi) is 3.97. The fraction of sp³-hybridized carbons (Fsp3) is 0.364. The summed E-state index contributed by atoms with van der Waals surface area (Å²) in [6, 6.07) is 15.0. The molecule has 27 heavy (non-hydrogen) atoms. The number of hydrogen-bond acceptors (Lipinski definition) is 3. The molecule has 1 atom stereocenters. The fourth-order valence-electron chi connectivity index (χ4n) is 4.57. The Morgan fingerprint density at radius 2 is 1.89 bits per heavy atom. The molecule has 1 saturated heterocycles. The average molecular weight is 360 g/mol. The molecule has 1 aromatic carbocycles. The van der Waals surface area contributed by atoms with Gasteiger partial charge in [-0.25, -0.2) is 4.98 Å². The minimum Gasteiger partial charge on any atom is -0.336 e. The van der Waals surface area contributed by atoms with Crippen molar-refractivity contribution in [1.82, 2.24) is 19.2 Å². The number of aryl methyl sites for hydroxylation is 1. The molecular formula is C22H24N4O. The zero-order valence-electron chi connectivity index (χ0n) is 15.6. The highest BCUT2D eigenvalue weighted by Gasteiger charge is 2.33. The molecule has 1 fully saturated rings. The van der Waals surface area contributed by atoms with Crippen molar-refractivity contribution in [3.63, 3.8) is 0 Å². The highest BCUT2D eigenvalue weighted by atomic mass is 16.2. The molecular weight excluding hydrogens is 336 g/mol. The lowest BCUT2D eigenvalue weighted by Crippen LogP contribution is -2.41. The van der Waals surface area contributed by atoms with Gasteiger partial charge < -0.3 is 4.90 Å². The Hall–Kier alpha value is -2.66. The highest BCUT2D eigenvalue weighted by Crippen LogP contribution is 2.26. The van der Waals surface area contributed by atoms with Crippen molar-refractivity contribution in [3.8, 4) is 0 Å². The van der Waals surface area contributed by atoms with E-state index in [1.54, 1.807) is 0 Å². The zero-order valence-corrected chi connectivity index (χ0v) is 15.6. The summed E-state index contributed by atoms with van der Waals surface area (Å²) >= 11 is 0. The molecule has 138 valence electrons. The quantitative estimate of drug-likeness (QED) is 0.706. The fourth-order valence-corrected chi connectivity index (χ4v) is 4.57. The zero-order chi connectivity index (χ0) is 18.4. The molecule has 0 aliphatic carbocycles. The first-order valence-corrected chi connectivity index (χ1v) is 9.74. The number of hydrogen-bond donors (Lipinski definition) is 0. The molecule has 2 aliphatic heterocycles. The molecule has 4 heterocycles. The second kappa shape index (κ2) is 6.50. The van der Waals surface area contributed by atoms with Crippen LogP contribution in [0.1, 0.15) is 33.7 Å². The maximum atomic E-state index is 13.2. The largest absolute Gasteiger partial charge is 0.336 e. The van der Waals surface area contributed by atoms with Gasteiger partial charge in [-0.15, -0.1) is 0 Å². The molecule has 1 amide bonds. The minimum absolute atomic E-state index is 0.103. The molecule has 2 aliphatic rings. The molecule has 0 bridgehead atoms. The van der Waals surface area contributed by atoms with Gasteiger partial charge in [-0.05, 0) is 43.0 Å². The molecule has 3 aromatic rings. The number of carbonyl (C=O) groups excluding carboxylic acids is 1. The van der Waals surface area contributed by atoms with E-state index in [1.165, 1.54) is 11.1 Å². The maximum absolute atomic E-state index is 13.2. The van der Waals surface area contributed by atoms with Crippen LogP contribution >= 0.6 is 0 Å². The normalized spacial score (nSPS) is 20.2. The van der Waals surface area contributed by atoms with Gasteiger partial charge in [-0.1, -0.05) is 30.3 Å². The summed E-state index contributed by atoms with van der Waals surface area (Å²) in [5.41, 5.74) is 5.26. The number of nitrogens with zero attached hydrogens (tertiary/aromatic N) is 4. The SMILES string of the molecule is Cc1nc2ccccn2c1C(=O)N1CCC(N2CCc3ccccc3C2)C1. The number of pyridine rings is 1. The van der Waals surface area contributed by atoms with Crippen molar-refractivity contribution in [3.05, 3.63) is 71.2 Å². The number of amides is 1. The van der Waals surface area contributed by atoms with E-state index in [4.69, 9.17) is 0 Å². The van der Waals surface area contributed by atoms with Gasteiger partial charge in [0.05, 0.1) is 5.69 Å². The highest BCUT2D eigenvalue weighted by molar-refractivity contribution is 5.94. The predicted octanol–water partition coefficient (Wildman–Crippen LogP) is 2.92. The summed E-state index contributed by atoms with van der Waals surface area (Å²) in [7, 11) is 0. The van der Waals surface area contributed by atoms with Gasteiger partial charge in [0.2, 0.25) is 0 Å². The molecule has 0 saturated carbocycles. The third-order valence-electron chi connectivity index (χ3n) is 6.03. The van der Waals surface area contributed by atoms with E-state index in [9.17, 15) is 4.79 Å². The van der Waals surface area contributed by atoms with Crippen molar-refractivity contribution in [2.24, 2.45) is 0 Å². The summed E-state index contributed by atoms with van der Waals surface area (Å²) < 4.78 is 1.92. The van der Waals surface area contributed by atoms with Crippen molar-refractivity contribution >= 4 is 11.6 Å². The molecule has 5 nitrogen and oxygen atoms in total. The number of fused-ring (bicyclic) bond motifs is 2. The van der Waals surface area contributed by atoms with Gasteiger partial charge in [-0.3, -0.25) is 14.1 Å². The van der Waals surface area contributed by atoms with E-state index in [2.05, 4.69) is 34.1 Å². The third-order valence-corrected chi connectivity index (χ3v) is 6.03. The first kappa shape index (κ1) is 16.5. The van der Waals surface area contributed by atoms with Gasteiger partial charge >= 0.3 is 0 Å². The summed E-state index contributed by atoms with van der Waals surface area (Å²) in [6.45, 7) is 5.63. The van der Waals surface area contributed by atoms with Crippen molar-refractivity contribution < 1.29 is 4.79 Å². The predicted molar refractivity (Wildman–Crippen MR) is 105 cm³/mol. The molecule has 5 heteroatoms. The van der Waals surface area contributed by atoms with E-state index < -0.39 is 0 Å². The smallest absolute Gasteiger partial charge is 0.272 e. The number of benzene rings is 1. The minimum atomic E-state index is 0.103. The lowest BCUT2D eigenvalue weighted by Gasteiger charge is -2.33. The van der Waals surface area contributed by atoms with Crippen LogP contribution in [0.5, 0.6) is 0 Å². The van der Waals surface area contributed by atoms with Crippen LogP contribution in [0.25, 0.3) is 5.65 Å². The van der Waals surface area contributed by atoms with E-state index in [1.807, 2.05) is 40.6 Å². The van der Waals surface area contributed by atoms with Crippen molar-refractivity contribution in [2.75, 3.05) is 19.6 Å². The standard InChI is InChI=1S/C22H24N4O/c1-16-21(26-11-5-4-8-20(26)23-16)22(27)25-13-10-19(15-25)24-12-9-17-6-2-3-7-18(17)14-24/h2-8,11,19H,9-10,12-15H2,1H3. The van der Waals surface area contributed by atoms with Crippen LogP contribution in [0.15, 0.2) is 48.7 Å². The second-order valence-corrected chi connectivity index (χ2v) is 7.66. The summed E-state index contributed by atoms with van der Waals surface area (Å²) in [4.78, 5) is 22.3. The Labute approximate surface area is 159 Å². The number of imidazole rings is 1. The van der Waals surface area contributed by atoms with Gasteiger partial charge in [-0.2, -0.15) is 0 Å². The van der Waals surface area contributed by atoms with Crippen LogP contribution in [0.4, 0.5) is 0 Å². The van der Waals surface area contributed by atoms with Crippen molar-refractivity contribution in [2.45, 2.75) is 32.4 Å². The van der Waals surface area contributed by atoms with E-state index >= 15 is 0 Å². The van der Waals surface area contributed by atoms with Gasteiger partial charge in [0.1, 0.15) is 11.3 Å². The lowest BCUT2D eigenvalue weighted by atomic mass is 9.98. The second-order valence-electron chi connectivity index (χ2n) is 7.66. The Bertz CT molecular complexity index is 1010. The summed E-state index contributed by atoms with van der Waals surface area (Å²) in [6.07, 6.45) is 4.08. The van der Waals surface area contributed by atoms with E-state index in [-0.39, 0.29) is 5.91 Å². The van der Waals surface area contributed by atoms with E-state index in [0.29, 0.717) is 11.7 Å². The number of carbonyl (C=O) groups is 1. The molecule has 0 spiro atoms. The van der Waals surface area contributed by atoms with Crippen LogP contribution < -0.4 is 0 Å². The first-order valence-electron chi connectivity index (χ1n) is 9.74. The van der Waals surface area contributed by atoms with Gasteiger partial charge in [0.15, 0.2) is 0 Å². The molecule has 0 radical (unpaired) electrons. The Morgan fingerprint density at radius 1 is 1.07 bits per heavy atom. The summed E-state index contributed by atoms with van der Waals surface area (Å²) in [5, 5.41) is 0. The molecule has 2 aromatic heterocycles. The van der Waals surface area contributed by atoms with Crippen molar-refractivity contribution in [1.29, 1.82) is 0 Å². The van der Waals surface area contributed by atoms with E-state index in [0.717, 1.165) is 50.4 Å². The molecule has 1 unspecified atom stereocenters. The first-order chi connectivity index (χ1) is 13.2. The van der Waals surface area contributed by atoms with Crippen LogP contribution in [0.2, 0.25) is 0 Å². The van der Waals surface area contributed by atoms with Crippen LogP contribution in [-0.4, -0.2) is 50.8 Å².